The number of nitrogens with zero attached hydrogens (tertiary/aromatic N) is 2. The molecule has 0 aromatic heterocycles. The molecule has 210 valence electrons. The summed E-state index contributed by atoms with van der Waals surface area (Å²) in [6.07, 6.45) is 0.225. The van der Waals surface area contributed by atoms with Crippen molar-refractivity contribution in [2.24, 2.45) is 17.6 Å². The van der Waals surface area contributed by atoms with E-state index in [4.69, 9.17) is 11.5 Å². The first-order chi connectivity index (χ1) is 18.7. The lowest BCUT2D eigenvalue weighted by Gasteiger charge is -2.50. The minimum Gasteiger partial charge on any atom is -0.510 e. The van der Waals surface area contributed by atoms with Gasteiger partial charge in [0.25, 0.3) is 5.91 Å². The number of phenolic OH excluding ortho intramolecular Hbond substituents is 1. The van der Waals surface area contributed by atoms with E-state index in [1.54, 1.807) is 58.5 Å². The second kappa shape index (κ2) is 9.10. The van der Waals surface area contributed by atoms with Gasteiger partial charge in [-0.25, -0.2) is 0 Å². The lowest BCUT2D eigenvalue weighted by molar-refractivity contribution is -0.148. The molecule has 3 aliphatic carbocycles. The van der Waals surface area contributed by atoms with Crippen molar-refractivity contribution in [3.8, 4) is 16.9 Å². The van der Waals surface area contributed by atoms with Crippen LogP contribution >= 0.6 is 0 Å². The number of hydrogen-bond acceptors (Lipinski definition) is 10. The van der Waals surface area contributed by atoms with E-state index in [0.29, 0.717) is 28.1 Å². The summed E-state index contributed by atoms with van der Waals surface area (Å²) in [6.45, 7) is 0. The number of amides is 1. The number of aliphatic hydroxyl groups excluding tert-OH is 2. The van der Waals surface area contributed by atoms with Crippen molar-refractivity contribution < 1.29 is 34.8 Å². The lowest BCUT2D eigenvalue weighted by atomic mass is 9.58. The summed E-state index contributed by atoms with van der Waals surface area (Å²) < 4.78 is 0. The third-order valence-corrected chi connectivity index (χ3v) is 8.38. The standard InChI is InChI=1S/C29H32N4O7/c1-32(2)18-11-15(12-6-5-7-14(30)8-12)23(34)20-16(18)9-13-10-17-22(33(3)4)25(36)21(28(31)39)27(38)29(17,40)26(37)19(13)24(20)35/h5-8,11,13,17,22,34,36-37,40H,9-10,30H2,1-4H3,(H2,31,39)/t13-,17-,22-,29-/m1/s1. The maximum Gasteiger partial charge on any atom is 0.255 e. The monoisotopic (exact) mass is 548 g/mol. The van der Waals surface area contributed by atoms with E-state index in [9.17, 15) is 34.8 Å². The number of hydrogen-bond donors (Lipinski definition) is 6. The lowest BCUT2D eigenvalue weighted by Crippen LogP contribution is -2.63. The van der Waals surface area contributed by atoms with Crippen LogP contribution in [0.1, 0.15) is 22.3 Å². The number of nitrogen functional groups attached to an aromatic ring is 1. The Balaban J connectivity index is 1.76. The van der Waals surface area contributed by atoms with Crippen LogP contribution in [0.3, 0.4) is 0 Å². The van der Waals surface area contributed by atoms with Crippen molar-refractivity contribution in [2.45, 2.75) is 24.5 Å². The number of aromatic hydroxyl groups is 1. The summed E-state index contributed by atoms with van der Waals surface area (Å²) in [4.78, 5) is 43.1. The summed E-state index contributed by atoms with van der Waals surface area (Å²) in [5, 5.41) is 45.6. The molecule has 0 bridgehead atoms. The first-order valence-corrected chi connectivity index (χ1v) is 12.8. The number of benzene rings is 2. The van der Waals surface area contributed by atoms with Gasteiger partial charge in [-0.15, -0.1) is 0 Å². The number of Topliss-reactive ketones (excluding diaryl/α,β-unsaturated/α-hetero) is 2. The fourth-order valence-electron chi connectivity index (χ4n) is 6.62. The first kappa shape index (κ1) is 27.2. The molecule has 11 nitrogen and oxygen atoms in total. The molecule has 2 aromatic carbocycles. The molecule has 0 fully saturated rings. The predicted molar refractivity (Wildman–Crippen MR) is 148 cm³/mol. The van der Waals surface area contributed by atoms with Crippen molar-refractivity contribution in [3.63, 3.8) is 0 Å². The Morgan fingerprint density at radius 2 is 1.75 bits per heavy atom. The fraction of sp³-hybridized carbons (Fsp3) is 0.345. The normalized spacial score (nSPS) is 26.0. The van der Waals surface area contributed by atoms with Crippen LogP contribution in [0, 0.1) is 11.8 Å². The summed E-state index contributed by atoms with van der Waals surface area (Å²) in [7, 11) is 6.79. The number of likely N-dealkylation sites (N-methyl/N-ethyl adjacent to an activating group) is 1. The highest BCUT2D eigenvalue weighted by molar-refractivity contribution is 6.25. The molecule has 0 saturated carbocycles. The molecule has 5 rings (SSSR count). The zero-order valence-corrected chi connectivity index (χ0v) is 22.6. The van der Waals surface area contributed by atoms with Gasteiger partial charge >= 0.3 is 0 Å². The number of phenols is 1. The van der Waals surface area contributed by atoms with Crippen LogP contribution in [0.2, 0.25) is 0 Å². The SMILES string of the molecule is CN(C)c1cc(-c2cccc(N)c2)c(O)c2c1C[C@@H]1C[C@@H]3[C@@H](N(C)C)C(O)=C(C(N)=O)C(=O)[C@]3(O)C(O)=C1C2=O. The van der Waals surface area contributed by atoms with Crippen molar-refractivity contribution >= 4 is 28.8 Å². The van der Waals surface area contributed by atoms with E-state index >= 15 is 0 Å². The molecule has 0 spiro atoms. The molecular weight excluding hydrogens is 516 g/mol. The number of carbonyl (C=O) groups is 3. The highest BCUT2D eigenvalue weighted by Crippen LogP contribution is 2.54. The van der Waals surface area contributed by atoms with Gasteiger partial charge in [0.1, 0.15) is 22.8 Å². The average molecular weight is 549 g/mol. The van der Waals surface area contributed by atoms with Crippen LogP contribution in [-0.4, -0.2) is 82.6 Å². The van der Waals surface area contributed by atoms with E-state index in [0.717, 1.165) is 0 Å². The molecule has 40 heavy (non-hydrogen) atoms. The first-order valence-electron chi connectivity index (χ1n) is 12.8. The van der Waals surface area contributed by atoms with Gasteiger partial charge < -0.3 is 36.8 Å². The highest BCUT2D eigenvalue weighted by atomic mass is 16.3. The number of nitrogens with two attached hydrogens (primary N) is 2. The van der Waals surface area contributed by atoms with Gasteiger partial charge in [0.2, 0.25) is 5.78 Å². The minimum atomic E-state index is -2.68. The molecule has 0 radical (unpaired) electrons. The van der Waals surface area contributed by atoms with Crippen LogP contribution in [0.5, 0.6) is 5.75 Å². The number of allylic oxidation sites excluding steroid dienone is 1. The van der Waals surface area contributed by atoms with E-state index in [-0.39, 0.29) is 29.7 Å². The largest absolute Gasteiger partial charge is 0.510 e. The topological polar surface area (TPSA) is 191 Å². The summed E-state index contributed by atoms with van der Waals surface area (Å²) in [5.41, 5.74) is 10.2. The quantitative estimate of drug-likeness (QED) is 0.241. The third kappa shape index (κ3) is 3.61. The van der Waals surface area contributed by atoms with Gasteiger partial charge in [-0.2, -0.15) is 0 Å². The Morgan fingerprint density at radius 3 is 2.33 bits per heavy atom. The maximum atomic E-state index is 14.1. The van der Waals surface area contributed by atoms with E-state index in [1.807, 2.05) is 4.90 Å². The van der Waals surface area contributed by atoms with E-state index in [1.165, 1.54) is 4.90 Å². The smallest absolute Gasteiger partial charge is 0.255 e. The van der Waals surface area contributed by atoms with Gasteiger partial charge in [0.15, 0.2) is 11.4 Å². The zero-order chi connectivity index (χ0) is 29.4. The Bertz CT molecular complexity index is 1560. The molecule has 11 heteroatoms. The van der Waals surface area contributed by atoms with Crippen molar-refractivity contribution in [2.75, 3.05) is 38.8 Å². The van der Waals surface area contributed by atoms with Crippen LogP contribution in [0.25, 0.3) is 11.1 Å². The van der Waals surface area contributed by atoms with Gasteiger partial charge in [-0.1, -0.05) is 12.1 Å². The summed E-state index contributed by atoms with van der Waals surface area (Å²) in [6, 6.07) is 7.54. The Kier molecular flexibility index (Phi) is 6.20. The molecule has 0 unspecified atom stereocenters. The van der Waals surface area contributed by atoms with Crippen LogP contribution in [-0.2, 0) is 16.0 Å². The number of anilines is 2. The maximum absolute atomic E-state index is 14.1. The van der Waals surface area contributed by atoms with Gasteiger partial charge in [-0.05, 0) is 62.2 Å². The van der Waals surface area contributed by atoms with Gasteiger partial charge in [-0.3, -0.25) is 19.3 Å². The van der Waals surface area contributed by atoms with Crippen LogP contribution in [0.4, 0.5) is 11.4 Å². The Labute approximate surface area is 230 Å². The predicted octanol–water partition coefficient (Wildman–Crippen LogP) is 1.44. The second-order valence-electron chi connectivity index (χ2n) is 11.1. The number of aliphatic hydroxyl groups is 3. The Hall–Kier alpha value is -4.35. The summed E-state index contributed by atoms with van der Waals surface area (Å²) >= 11 is 0. The van der Waals surface area contributed by atoms with Gasteiger partial charge in [0, 0.05) is 42.5 Å². The minimum absolute atomic E-state index is 0.0242. The molecule has 3 aliphatic rings. The molecule has 0 aliphatic heterocycles. The molecule has 2 aromatic rings. The molecule has 8 N–H and O–H groups in total. The summed E-state index contributed by atoms with van der Waals surface area (Å²) in [5.74, 6) is -6.82. The number of primary amides is 1. The average Bonchev–Trinajstić information content (AvgIpc) is 2.85. The second-order valence-corrected chi connectivity index (χ2v) is 11.1. The Morgan fingerprint density at radius 1 is 1.07 bits per heavy atom. The highest BCUT2D eigenvalue weighted by Gasteiger charge is 2.63. The molecular formula is C29H32N4O7. The van der Waals surface area contributed by atoms with Crippen LogP contribution in [0.15, 0.2) is 53.0 Å². The third-order valence-electron chi connectivity index (χ3n) is 8.38. The van der Waals surface area contributed by atoms with Gasteiger partial charge in [0.05, 0.1) is 11.6 Å². The molecule has 0 heterocycles. The van der Waals surface area contributed by atoms with E-state index in [2.05, 4.69) is 0 Å². The van der Waals surface area contributed by atoms with Crippen LogP contribution < -0.4 is 16.4 Å². The number of rotatable bonds is 4. The van der Waals surface area contributed by atoms with Crippen molar-refractivity contribution in [1.82, 2.24) is 4.90 Å². The number of fused-ring (bicyclic) bond motifs is 3. The number of carbonyl (C=O) groups excluding carboxylic acids is 3. The fourth-order valence-corrected chi connectivity index (χ4v) is 6.62. The molecule has 4 atom stereocenters. The van der Waals surface area contributed by atoms with Crippen molar-refractivity contribution in [1.29, 1.82) is 0 Å². The van der Waals surface area contributed by atoms with Crippen molar-refractivity contribution in [3.05, 3.63) is 64.1 Å². The molecule has 0 saturated heterocycles. The van der Waals surface area contributed by atoms with E-state index < -0.39 is 58.0 Å². The number of ketones is 2. The molecule has 1 amide bonds. The zero-order valence-electron chi connectivity index (χ0n) is 22.6.